The molecule has 2 rings (SSSR count). The number of methoxy groups -OCH3 is 1. The molecular weight excluding hydrogens is 274 g/mol. The van der Waals surface area contributed by atoms with E-state index in [1.807, 2.05) is 18.2 Å². The fraction of sp³-hybridized carbons (Fsp3) is 0.625. The predicted molar refractivity (Wildman–Crippen MR) is 82.3 cm³/mol. The number of hydrogen-bond donors (Lipinski definition) is 1. The molecule has 20 heavy (non-hydrogen) atoms. The monoisotopic (exact) mass is 297 g/mol. The molecule has 0 spiro atoms. The van der Waals surface area contributed by atoms with E-state index in [2.05, 4.69) is 0 Å². The SMILES string of the molecule is COc1ccc(Cl)cc1COC1(CN)CCCCCC1. The Morgan fingerprint density at radius 3 is 2.50 bits per heavy atom. The molecule has 4 heteroatoms. The topological polar surface area (TPSA) is 44.5 Å². The van der Waals surface area contributed by atoms with Gasteiger partial charge in [0.2, 0.25) is 0 Å². The summed E-state index contributed by atoms with van der Waals surface area (Å²) >= 11 is 6.05. The van der Waals surface area contributed by atoms with Gasteiger partial charge >= 0.3 is 0 Å². The fourth-order valence-corrected chi connectivity index (χ4v) is 3.07. The van der Waals surface area contributed by atoms with Crippen LogP contribution < -0.4 is 10.5 Å². The molecule has 0 atom stereocenters. The highest BCUT2D eigenvalue weighted by molar-refractivity contribution is 6.30. The van der Waals surface area contributed by atoms with Gasteiger partial charge in [-0.25, -0.2) is 0 Å². The molecule has 0 aliphatic heterocycles. The average molecular weight is 298 g/mol. The Kier molecular flexibility index (Phi) is 5.70. The van der Waals surface area contributed by atoms with E-state index < -0.39 is 0 Å². The Morgan fingerprint density at radius 2 is 1.90 bits per heavy atom. The Labute approximate surface area is 126 Å². The van der Waals surface area contributed by atoms with Crippen LogP contribution in [0.2, 0.25) is 5.02 Å². The summed E-state index contributed by atoms with van der Waals surface area (Å²) in [5.41, 5.74) is 6.80. The summed E-state index contributed by atoms with van der Waals surface area (Å²) in [6, 6.07) is 5.61. The fourth-order valence-electron chi connectivity index (χ4n) is 2.87. The van der Waals surface area contributed by atoms with Crippen molar-refractivity contribution in [1.29, 1.82) is 0 Å². The highest BCUT2D eigenvalue weighted by atomic mass is 35.5. The van der Waals surface area contributed by atoms with Gasteiger partial charge in [0, 0.05) is 17.1 Å². The summed E-state index contributed by atoms with van der Waals surface area (Å²) in [6.45, 7) is 1.08. The van der Waals surface area contributed by atoms with Crippen molar-refractivity contribution in [2.45, 2.75) is 50.7 Å². The zero-order valence-electron chi connectivity index (χ0n) is 12.2. The molecule has 1 aromatic carbocycles. The van der Waals surface area contributed by atoms with Crippen LogP contribution in [-0.2, 0) is 11.3 Å². The summed E-state index contributed by atoms with van der Waals surface area (Å²) in [6.07, 6.45) is 7.06. The van der Waals surface area contributed by atoms with E-state index in [-0.39, 0.29) is 5.60 Å². The molecule has 0 radical (unpaired) electrons. The number of hydrogen-bond acceptors (Lipinski definition) is 3. The summed E-state index contributed by atoms with van der Waals surface area (Å²) in [5.74, 6) is 0.815. The number of halogens is 1. The van der Waals surface area contributed by atoms with Crippen molar-refractivity contribution in [3.05, 3.63) is 28.8 Å². The van der Waals surface area contributed by atoms with Gasteiger partial charge in [0.15, 0.2) is 0 Å². The van der Waals surface area contributed by atoms with Gasteiger partial charge in [-0.1, -0.05) is 37.3 Å². The molecule has 1 aromatic rings. The van der Waals surface area contributed by atoms with Crippen molar-refractivity contribution in [1.82, 2.24) is 0 Å². The zero-order chi connectivity index (χ0) is 14.4. The van der Waals surface area contributed by atoms with Gasteiger partial charge in [-0.15, -0.1) is 0 Å². The third kappa shape index (κ3) is 3.87. The summed E-state index contributed by atoms with van der Waals surface area (Å²) in [7, 11) is 1.66. The maximum absolute atomic E-state index is 6.22. The molecule has 0 heterocycles. The van der Waals surface area contributed by atoms with Crippen molar-refractivity contribution in [2.24, 2.45) is 5.73 Å². The lowest BCUT2D eigenvalue weighted by atomic mass is 9.94. The molecule has 2 N–H and O–H groups in total. The molecule has 112 valence electrons. The molecule has 0 unspecified atom stereocenters. The molecule has 3 nitrogen and oxygen atoms in total. The van der Waals surface area contributed by atoms with Crippen LogP contribution >= 0.6 is 11.6 Å². The van der Waals surface area contributed by atoms with E-state index >= 15 is 0 Å². The molecule has 1 saturated carbocycles. The molecular formula is C16H24ClNO2. The molecule has 1 fully saturated rings. The highest BCUT2D eigenvalue weighted by Crippen LogP contribution is 2.32. The van der Waals surface area contributed by atoms with Gasteiger partial charge in [-0.05, 0) is 31.0 Å². The van der Waals surface area contributed by atoms with Crippen molar-refractivity contribution < 1.29 is 9.47 Å². The van der Waals surface area contributed by atoms with Gasteiger partial charge in [0.1, 0.15) is 5.75 Å². The molecule has 0 bridgehead atoms. The minimum atomic E-state index is -0.177. The van der Waals surface area contributed by atoms with E-state index in [0.717, 1.165) is 24.2 Å². The number of ether oxygens (including phenoxy) is 2. The predicted octanol–water partition coefficient (Wildman–Crippen LogP) is 3.92. The Bertz CT molecular complexity index is 428. The Balaban J connectivity index is 2.07. The van der Waals surface area contributed by atoms with Crippen molar-refractivity contribution >= 4 is 11.6 Å². The van der Waals surface area contributed by atoms with Gasteiger partial charge in [-0.2, -0.15) is 0 Å². The first-order valence-electron chi connectivity index (χ1n) is 7.35. The Hall–Kier alpha value is -0.770. The third-order valence-corrected chi connectivity index (χ3v) is 4.40. The third-order valence-electron chi connectivity index (χ3n) is 4.16. The lowest BCUT2D eigenvalue weighted by Gasteiger charge is -2.32. The molecule has 0 amide bonds. The minimum Gasteiger partial charge on any atom is -0.496 e. The van der Waals surface area contributed by atoms with Crippen LogP contribution in [0.4, 0.5) is 0 Å². The van der Waals surface area contributed by atoms with Crippen molar-refractivity contribution in [3.8, 4) is 5.75 Å². The van der Waals surface area contributed by atoms with Crippen LogP contribution in [0.3, 0.4) is 0 Å². The van der Waals surface area contributed by atoms with Crippen LogP contribution in [-0.4, -0.2) is 19.3 Å². The van der Waals surface area contributed by atoms with Crippen molar-refractivity contribution in [2.75, 3.05) is 13.7 Å². The summed E-state index contributed by atoms with van der Waals surface area (Å²) in [5, 5.41) is 0.701. The van der Waals surface area contributed by atoms with Gasteiger partial charge in [0.05, 0.1) is 19.3 Å². The zero-order valence-corrected chi connectivity index (χ0v) is 12.9. The van der Waals surface area contributed by atoms with Crippen LogP contribution in [0.15, 0.2) is 18.2 Å². The van der Waals surface area contributed by atoms with Crippen LogP contribution in [0.1, 0.15) is 44.1 Å². The second-order valence-corrected chi connectivity index (χ2v) is 5.98. The molecule has 0 aromatic heterocycles. The average Bonchev–Trinajstić information content (AvgIpc) is 2.71. The summed E-state index contributed by atoms with van der Waals surface area (Å²) < 4.78 is 11.6. The number of nitrogens with two attached hydrogens (primary N) is 1. The van der Waals surface area contributed by atoms with Gasteiger partial charge in [-0.3, -0.25) is 0 Å². The lowest BCUT2D eigenvalue weighted by Crippen LogP contribution is -2.40. The van der Waals surface area contributed by atoms with E-state index in [4.69, 9.17) is 26.8 Å². The van der Waals surface area contributed by atoms with Crippen LogP contribution in [0, 0.1) is 0 Å². The number of benzene rings is 1. The minimum absolute atomic E-state index is 0.177. The first-order valence-corrected chi connectivity index (χ1v) is 7.73. The lowest BCUT2D eigenvalue weighted by molar-refractivity contribution is -0.0606. The van der Waals surface area contributed by atoms with E-state index in [1.165, 1.54) is 25.7 Å². The smallest absolute Gasteiger partial charge is 0.124 e. The molecule has 0 saturated heterocycles. The van der Waals surface area contributed by atoms with E-state index in [0.29, 0.717) is 18.2 Å². The number of rotatable bonds is 5. The standard InChI is InChI=1S/C16H24ClNO2/c1-19-15-7-6-14(17)10-13(15)11-20-16(12-18)8-4-2-3-5-9-16/h6-7,10H,2-5,8-9,11-12,18H2,1H3. The van der Waals surface area contributed by atoms with Gasteiger partial charge in [0.25, 0.3) is 0 Å². The van der Waals surface area contributed by atoms with Crippen LogP contribution in [0.25, 0.3) is 0 Å². The maximum Gasteiger partial charge on any atom is 0.124 e. The molecule has 1 aliphatic rings. The largest absolute Gasteiger partial charge is 0.496 e. The second-order valence-electron chi connectivity index (χ2n) is 5.55. The Morgan fingerprint density at radius 1 is 1.20 bits per heavy atom. The maximum atomic E-state index is 6.22. The first-order chi connectivity index (χ1) is 9.69. The first kappa shape index (κ1) is 15.6. The highest BCUT2D eigenvalue weighted by Gasteiger charge is 2.30. The normalized spacial score (nSPS) is 18.6. The van der Waals surface area contributed by atoms with Crippen LogP contribution in [0.5, 0.6) is 5.75 Å². The molecule has 1 aliphatic carbocycles. The van der Waals surface area contributed by atoms with Crippen molar-refractivity contribution in [3.63, 3.8) is 0 Å². The second kappa shape index (κ2) is 7.30. The van der Waals surface area contributed by atoms with E-state index in [1.54, 1.807) is 7.11 Å². The van der Waals surface area contributed by atoms with E-state index in [9.17, 15) is 0 Å². The van der Waals surface area contributed by atoms with Gasteiger partial charge < -0.3 is 15.2 Å². The quantitative estimate of drug-likeness (QED) is 0.838. The summed E-state index contributed by atoms with van der Waals surface area (Å²) in [4.78, 5) is 0.